The molecule has 26 heavy (non-hydrogen) atoms. The number of hydrogen-bond donors (Lipinski definition) is 2. The Labute approximate surface area is 152 Å². The van der Waals surface area contributed by atoms with Gasteiger partial charge in [-0.3, -0.25) is 14.6 Å². The van der Waals surface area contributed by atoms with Crippen LogP contribution in [0.15, 0.2) is 35.1 Å². The maximum Gasteiger partial charge on any atom is 0.273 e. The van der Waals surface area contributed by atoms with Crippen LogP contribution < -0.4 is 10.6 Å². The van der Waals surface area contributed by atoms with Crippen LogP contribution in [0.1, 0.15) is 53.9 Å². The average molecular weight is 356 g/mol. The highest BCUT2D eigenvalue weighted by Crippen LogP contribution is 2.19. The van der Waals surface area contributed by atoms with Gasteiger partial charge in [0.25, 0.3) is 5.91 Å². The van der Waals surface area contributed by atoms with Crippen LogP contribution in [0.5, 0.6) is 0 Å². The summed E-state index contributed by atoms with van der Waals surface area (Å²) in [7, 11) is 0. The van der Waals surface area contributed by atoms with Gasteiger partial charge >= 0.3 is 0 Å². The number of rotatable bonds is 6. The highest BCUT2D eigenvalue weighted by molar-refractivity contribution is 5.92. The predicted octanol–water partition coefficient (Wildman–Crippen LogP) is 2.17. The molecule has 7 nitrogen and oxygen atoms in total. The standard InChI is InChI=1S/C19H24N4O3/c1-13-10-17(23-26-13)19(25)22-16-6-2-5-15(11-16)21-18(24)8-7-14-4-3-9-20-12-14/h3-4,9-10,12,15-16H,2,5-8,11H2,1H3,(H,21,24)(H,22,25)/t15-,16+/m1/s1. The van der Waals surface area contributed by atoms with Gasteiger partial charge < -0.3 is 15.2 Å². The van der Waals surface area contributed by atoms with Gasteiger partial charge in [0.15, 0.2) is 5.69 Å². The van der Waals surface area contributed by atoms with Gasteiger partial charge in [0.2, 0.25) is 5.91 Å². The molecule has 0 spiro atoms. The molecule has 2 N–H and O–H groups in total. The SMILES string of the molecule is Cc1cc(C(=O)N[C@H]2CCC[C@@H](NC(=O)CCc3cccnc3)C2)no1. The van der Waals surface area contributed by atoms with Crippen molar-refractivity contribution >= 4 is 11.8 Å². The third kappa shape index (κ3) is 5.15. The predicted molar refractivity (Wildman–Crippen MR) is 95.5 cm³/mol. The minimum Gasteiger partial charge on any atom is -0.361 e. The first-order valence-electron chi connectivity index (χ1n) is 9.02. The van der Waals surface area contributed by atoms with Crippen molar-refractivity contribution in [2.45, 2.75) is 57.5 Å². The summed E-state index contributed by atoms with van der Waals surface area (Å²) in [5.41, 5.74) is 1.35. The lowest BCUT2D eigenvalue weighted by Gasteiger charge is -2.30. The van der Waals surface area contributed by atoms with Crippen molar-refractivity contribution < 1.29 is 14.1 Å². The Hall–Kier alpha value is -2.70. The van der Waals surface area contributed by atoms with E-state index in [-0.39, 0.29) is 23.9 Å². The van der Waals surface area contributed by atoms with Gasteiger partial charge in [-0.15, -0.1) is 0 Å². The van der Waals surface area contributed by atoms with Crippen LogP contribution in [0.25, 0.3) is 0 Å². The van der Waals surface area contributed by atoms with Crippen LogP contribution in [0.4, 0.5) is 0 Å². The first-order chi connectivity index (χ1) is 12.6. The molecule has 0 bridgehead atoms. The van der Waals surface area contributed by atoms with Crippen molar-refractivity contribution in [2.75, 3.05) is 0 Å². The molecule has 1 fully saturated rings. The Balaban J connectivity index is 1.44. The maximum absolute atomic E-state index is 12.2. The zero-order valence-corrected chi connectivity index (χ0v) is 14.9. The molecule has 0 aromatic carbocycles. The van der Waals surface area contributed by atoms with Crippen LogP contribution in [0, 0.1) is 6.92 Å². The van der Waals surface area contributed by atoms with Gasteiger partial charge in [-0.1, -0.05) is 11.2 Å². The second-order valence-electron chi connectivity index (χ2n) is 6.79. The Morgan fingerprint density at radius 1 is 1.27 bits per heavy atom. The van der Waals surface area contributed by atoms with E-state index < -0.39 is 0 Å². The van der Waals surface area contributed by atoms with E-state index in [0.717, 1.165) is 31.2 Å². The highest BCUT2D eigenvalue weighted by Gasteiger charge is 2.25. The Morgan fingerprint density at radius 3 is 2.77 bits per heavy atom. The lowest BCUT2D eigenvalue weighted by Crippen LogP contribution is -2.45. The van der Waals surface area contributed by atoms with Crippen molar-refractivity contribution in [3.63, 3.8) is 0 Å². The molecule has 138 valence electrons. The third-order valence-corrected chi connectivity index (χ3v) is 4.60. The van der Waals surface area contributed by atoms with E-state index in [1.807, 2.05) is 12.1 Å². The Kier molecular flexibility index (Phi) is 5.99. The van der Waals surface area contributed by atoms with E-state index in [9.17, 15) is 9.59 Å². The molecular weight excluding hydrogens is 332 g/mol. The van der Waals surface area contributed by atoms with Gasteiger partial charge in [0, 0.05) is 37.0 Å². The van der Waals surface area contributed by atoms with E-state index in [0.29, 0.717) is 24.3 Å². The first-order valence-corrected chi connectivity index (χ1v) is 9.02. The fourth-order valence-electron chi connectivity index (χ4n) is 3.29. The van der Waals surface area contributed by atoms with E-state index >= 15 is 0 Å². The molecule has 7 heteroatoms. The molecule has 2 atom stereocenters. The number of carbonyl (C=O) groups excluding carboxylic acids is 2. The fourth-order valence-corrected chi connectivity index (χ4v) is 3.29. The number of aromatic nitrogens is 2. The summed E-state index contributed by atoms with van der Waals surface area (Å²) in [6, 6.07) is 5.60. The number of carbonyl (C=O) groups is 2. The molecule has 2 amide bonds. The van der Waals surface area contributed by atoms with E-state index in [1.54, 1.807) is 25.4 Å². The lowest BCUT2D eigenvalue weighted by atomic mass is 9.90. The number of aryl methyl sites for hydroxylation is 2. The van der Waals surface area contributed by atoms with Crippen LogP contribution in [0.3, 0.4) is 0 Å². The minimum absolute atomic E-state index is 0.0388. The second-order valence-corrected chi connectivity index (χ2v) is 6.79. The van der Waals surface area contributed by atoms with E-state index in [1.165, 1.54) is 0 Å². The zero-order valence-electron chi connectivity index (χ0n) is 14.9. The second kappa shape index (κ2) is 8.60. The monoisotopic (exact) mass is 356 g/mol. The first kappa shape index (κ1) is 18.1. The van der Waals surface area contributed by atoms with Gasteiger partial charge in [-0.2, -0.15) is 0 Å². The van der Waals surface area contributed by atoms with Crippen LogP contribution >= 0.6 is 0 Å². The lowest BCUT2D eigenvalue weighted by molar-refractivity contribution is -0.122. The molecule has 0 saturated heterocycles. The zero-order chi connectivity index (χ0) is 18.4. The van der Waals surface area contributed by atoms with Gasteiger partial charge in [-0.25, -0.2) is 0 Å². The molecule has 3 rings (SSSR count). The summed E-state index contributed by atoms with van der Waals surface area (Å²) in [6.45, 7) is 1.75. The Bertz CT molecular complexity index is 744. The topological polar surface area (TPSA) is 97.1 Å². The van der Waals surface area contributed by atoms with Crippen molar-refractivity contribution in [3.05, 3.63) is 47.6 Å². The van der Waals surface area contributed by atoms with Crippen molar-refractivity contribution in [1.29, 1.82) is 0 Å². The van der Waals surface area contributed by atoms with E-state index in [2.05, 4.69) is 20.8 Å². The normalized spacial score (nSPS) is 19.7. The molecule has 2 aromatic heterocycles. The number of nitrogens with zero attached hydrogens (tertiary/aromatic N) is 2. The molecule has 2 aromatic rings. The molecule has 1 saturated carbocycles. The Morgan fingerprint density at radius 2 is 2.08 bits per heavy atom. The molecule has 1 aliphatic rings. The maximum atomic E-state index is 12.2. The van der Waals surface area contributed by atoms with Gasteiger partial charge in [0.1, 0.15) is 5.76 Å². The molecule has 2 heterocycles. The third-order valence-electron chi connectivity index (χ3n) is 4.60. The van der Waals surface area contributed by atoms with Crippen LogP contribution in [-0.4, -0.2) is 34.0 Å². The number of hydrogen-bond acceptors (Lipinski definition) is 5. The quantitative estimate of drug-likeness (QED) is 0.827. The summed E-state index contributed by atoms with van der Waals surface area (Å²) >= 11 is 0. The molecule has 0 unspecified atom stereocenters. The minimum atomic E-state index is -0.226. The molecule has 0 radical (unpaired) electrons. The summed E-state index contributed by atoms with van der Waals surface area (Å²) in [5.74, 6) is 0.422. The smallest absolute Gasteiger partial charge is 0.273 e. The molecule has 0 aliphatic heterocycles. The summed E-state index contributed by atoms with van der Waals surface area (Å²) < 4.78 is 4.94. The van der Waals surface area contributed by atoms with Crippen molar-refractivity contribution in [2.24, 2.45) is 0 Å². The largest absolute Gasteiger partial charge is 0.361 e. The summed E-state index contributed by atoms with van der Waals surface area (Å²) in [6.07, 6.45) is 8.18. The van der Waals surface area contributed by atoms with Crippen molar-refractivity contribution in [3.8, 4) is 0 Å². The number of amides is 2. The number of nitrogens with one attached hydrogen (secondary N) is 2. The molecule has 1 aliphatic carbocycles. The summed E-state index contributed by atoms with van der Waals surface area (Å²) in [4.78, 5) is 28.4. The molecular formula is C19H24N4O3. The van der Waals surface area contributed by atoms with Crippen LogP contribution in [-0.2, 0) is 11.2 Å². The highest BCUT2D eigenvalue weighted by atomic mass is 16.5. The van der Waals surface area contributed by atoms with Gasteiger partial charge in [0.05, 0.1) is 0 Å². The van der Waals surface area contributed by atoms with Gasteiger partial charge in [-0.05, 0) is 50.7 Å². The van der Waals surface area contributed by atoms with E-state index in [4.69, 9.17) is 4.52 Å². The van der Waals surface area contributed by atoms with Crippen LogP contribution in [0.2, 0.25) is 0 Å². The van der Waals surface area contributed by atoms with Crippen molar-refractivity contribution in [1.82, 2.24) is 20.8 Å². The number of pyridine rings is 1. The average Bonchev–Trinajstić information content (AvgIpc) is 3.08. The fraction of sp³-hybridized carbons (Fsp3) is 0.474. The summed E-state index contributed by atoms with van der Waals surface area (Å²) in [5, 5.41) is 9.82.